The van der Waals surface area contributed by atoms with Gasteiger partial charge in [0, 0.05) is 24.1 Å². The van der Waals surface area contributed by atoms with E-state index in [1.54, 1.807) is 30.3 Å². The Morgan fingerprint density at radius 3 is 1.61 bits per heavy atom. The van der Waals surface area contributed by atoms with Crippen LogP contribution in [0.5, 0.6) is 0 Å². The number of carboxylic acids is 1. The minimum absolute atomic E-state index is 0.156. The number of nitrogens with two attached hydrogens (primary N) is 1. The third kappa shape index (κ3) is 11.7. The Kier molecular flexibility index (Phi) is 15.6. The van der Waals surface area contributed by atoms with Crippen molar-refractivity contribution in [2.24, 2.45) is 5.73 Å². The molecule has 0 unspecified atom stereocenters. The largest absolute Gasteiger partial charge is 0.480 e. The highest BCUT2D eigenvalue weighted by atomic mass is 32.1. The lowest BCUT2D eigenvalue weighted by molar-refractivity contribution is -0.142. The number of benzene rings is 1. The number of aliphatic carboxylic acids is 1. The molecule has 0 bridgehead atoms. The van der Waals surface area contributed by atoms with Crippen LogP contribution in [0.15, 0.2) is 42.9 Å². The number of aromatic amines is 1. The average Bonchev–Trinajstić information content (AvgIpc) is 3.56. The lowest BCUT2D eigenvalue weighted by atomic mass is 10.1. The Morgan fingerprint density at radius 2 is 1.17 bits per heavy atom. The molecule has 0 saturated heterocycles. The smallest absolute Gasteiger partial charge is 0.326 e. The van der Waals surface area contributed by atoms with Gasteiger partial charge in [-0.15, -0.1) is 0 Å². The predicted octanol–water partition coefficient (Wildman–Crippen LogP) is -5.06. The molecule has 1 aromatic heterocycles. The van der Waals surface area contributed by atoms with Crippen molar-refractivity contribution in [1.82, 2.24) is 36.6 Å². The molecule has 0 aliphatic carbocycles. The van der Waals surface area contributed by atoms with Gasteiger partial charge in [-0.25, -0.2) is 9.78 Å². The number of hydrogen-bond donors (Lipinski definition) is 12. The summed E-state index contributed by atoms with van der Waals surface area (Å²) in [6.07, 6.45) is 2.64. The van der Waals surface area contributed by atoms with Crippen LogP contribution in [0.4, 0.5) is 0 Å². The molecule has 0 spiro atoms. The van der Waals surface area contributed by atoms with Gasteiger partial charge in [-0.1, -0.05) is 30.3 Å². The molecule has 0 radical (unpaired) electrons. The third-order valence-electron chi connectivity index (χ3n) is 6.49. The fourth-order valence-corrected chi connectivity index (χ4v) is 4.18. The Bertz CT molecular complexity index is 1320. The number of carbonyl (C=O) groups is 6. The molecule has 1 heterocycles. The number of aliphatic hydroxyl groups is 3. The maximum Gasteiger partial charge on any atom is 0.326 e. The Balaban J connectivity index is 1.96. The Labute approximate surface area is 268 Å². The summed E-state index contributed by atoms with van der Waals surface area (Å²) < 4.78 is 0. The highest BCUT2D eigenvalue weighted by Gasteiger charge is 2.32. The minimum Gasteiger partial charge on any atom is -0.480 e. The zero-order valence-electron chi connectivity index (χ0n) is 24.5. The summed E-state index contributed by atoms with van der Waals surface area (Å²) in [5.41, 5.74) is 7.08. The molecule has 2 rings (SSSR count). The van der Waals surface area contributed by atoms with Crippen LogP contribution in [0.25, 0.3) is 0 Å². The maximum atomic E-state index is 12.9. The van der Waals surface area contributed by atoms with Gasteiger partial charge < -0.3 is 57.7 Å². The average molecular weight is 667 g/mol. The lowest BCUT2D eigenvalue weighted by Gasteiger charge is -2.25. The topological polar surface area (TPSA) is 298 Å². The van der Waals surface area contributed by atoms with Gasteiger partial charge in [0.2, 0.25) is 29.5 Å². The van der Waals surface area contributed by atoms with E-state index in [1.807, 2.05) is 0 Å². The highest BCUT2D eigenvalue weighted by molar-refractivity contribution is 7.80. The van der Waals surface area contributed by atoms with Crippen molar-refractivity contribution in [3.05, 3.63) is 54.1 Å². The van der Waals surface area contributed by atoms with E-state index in [4.69, 9.17) is 5.73 Å². The van der Waals surface area contributed by atoms with Crippen molar-refractivity contribution in [3.8, 4) is 0 Å². The van der Waals surface area contributed by atoms with Crippen molar-refractivity contribution in [2.75, 3.05) is 25.6 Å². The molecule has 18 nitrogen and oxygen atoms in total. The molecule has 46 heavy (non-hydrogen) atoms. The van der Waals surface area contributed by atoms with Gasteiger partial charge in [-0.05, 0) is 12.0 Å². The van der Waals surface area contributed by atoms with Crippen molar-refractivity contribution in [3.63, 3.8) is 0 Å². The van der Waals surface area contributed by atoms with E-state index in [0.717, 1.165) is 5.56 Å². The summed E-state index contributed by atoms with van der Waals surface area (Å²) in [7, 11) is 0. The number of H-pyrrole nitrogens is 1. The van der Waals surface area contributed by atoms with Gasteiger partial charge in [-0.3, -0.25) is 24.0 Å². The fourth-order valence-electron chi connectivity index (χ4n) is 3.92. The van der Waals surface area contributed by atoms with E-state index in [1.165, 1.54) is 12.5 Å². The molecule has 5 amide bonds. The SMILES string of the molecule is N[C@@H](Cc1ccccc1)C(=O)N[C@@H](CO)C(=O)N[C@@H](CS)C(=O)N[C@@H](CO)C(=O)N[C@@H](CO)C(=O)N[C@@H](Cc1cnc[nH]1)C(=O)O. The van der Waals surface area contributed by atoms with Crippen LogP contribution in [-0.2, 0) is 41.6 Å². The second-order valence-corrected chi connectivity index (χ2v) is 10.3. The number of imidazole rings is 1. The summed E-state index contributed by atoms with van der Waals surface area (Å²) >= 11 is 4.02. The van der Waals surface area contributed by atoms with Crippen molar-refractivity contribution in [2.45, 2.75) is 49.1 Å². The number of aromatic nitrogens is 2. The number of thiol groups is 1. The number of nitrogens with zero attached hydrogens (tertiary/aromatic N) is 1. The molecule has 12 N–H and O–H groups in total. The lowest BCUT2D eigenvalue weighted by Crippen LogP contribution is -2.61. The quantitative estimate of drug-likeness (QED) is 0.0627. The first kappa shape index (κ1) is 37.6. The van der Waals surface area contributed by atoms with Gasteiger partial charge in [0.25, 0.3) is 0 Å². The van der Waals surface area contributed by atoms with E-state index in [9.17, 15) is 49.2 Å². The molecular formula is C27H38N8O10S. The molecule has 0 fully saturated rings. The summed E-state index contributed by atoms with van der Waals surface area (Å²) in [4.78, 5) is 81.6. The van der Waals surface area contributed by atoms with E-state index < -0.39 is 91.6 Å². The summed E-state index contributed by atoms with van der Waals surface area (Å²) in [5, 5.41) is 49.6. The zero-order valence-corrected chi connectivity index (χ0v) is 25.4. The van der Waals surface area contributed by atoms with E-state index in [2.05, 4.69) is 49.2 Å². The third-order valence-corrected chi connectivity index (χ3v) is 6.86. The van der Waals surface area contributed by atoms with Gasteiger partial charge >= 0.3 is 5.97 Å². The number of nitrogens with one attached hydrogen (secondary N) is 6. The zero-order chi connectivity index (χ0) is 34.2. The highest BCUT2D eigenvalue weighted by Crippen LogP contribution is 2.03. The van der Waals surface area contributed by atoms with Crippen LogP contribution in [0.2, 0.25) is 0 Å². The van der Waals surface area contributed by atoms with Crippen LogP contribution >= 0.6 is 12.6 Å². The van der Waals surface area contributed by atoms with Crippen LogP contribution in [0.1, 0.15) is 11.3 Å². The molecule has 0 aliphatic heterocycles. The predicted molar refractivity (Wildman–Crippen MR) is 163 cm³/mol. The monoisotopic (exact) mass is 666 g/mol. The van der Waals surface area contributed by atoms with Gasteiger partial charge in [0.05, 0.1) is 32.2 Å². The van der Waals surface area contributed by atoms with Gasteiger partial charge in [0.1, 0.15) is 30.2 Å². The number of rotatable bonds is 19. The Hall–Kier alpha value is -4.56. The number of hydrogen-bond acceptors (Lipinski definition) is 12. The van der Waals surface area contributed by atoms with Crippen LogP contribution in [0.3, 0.4) is 0 Å². The van der Waals surface area contributed by atoms with Gasteiger partial charge in [-0.2, -0.15) is 12.6 Å². The van der Waals surface area contributed by atoms with Gasteiger partial charge in [0.15, 0.2) is 0 Å². The molecule has 6 atom stereocenters. The van der Waals surface area contributed by atoms with E-state index >= 15 is 0 Å². The first-order valence-electron chi connectivity index (χ1n) is 13.9. The number of carbonyl (C=O) groups excluding carboxylic acids is 5. The molecular weight excluding hydrogens is 628 g/mol. The van der Waals surface area contributed by atoms with E-state index in [0.29, 0.717) is 5.69 Å². The van der Waals surface area contributed by atoms with Crippen LogP contribution in [-0.4, -0.2) is 128 Å². The summed E-state index contributed by atoms with van der Waals surface area (Å²) in [6.45, 7) is -2.77. The van der Waals surface area contributed by atoms with E-state index in [-0.39, 0.29) is 18.6 Å². The van der Waals surface area contributed by atoms with Crippen molar-refractivity contribution >= 4 is 48.1 Å². The molecule has 252 valence electrons. The van der Waals surface area contributed by atoms with Crippen LogP contribution in [0, 0.1) is 0 Å². The summed E-state index contributed by atoms with van der Waals surface area (Å²) in [5.74, 6) is -6.61. The van der Waals surface area contributed by atoms with Crippen LogP contribution < -0.4 is 32.3 Å². The molecule has 1 aromatic carbocycles. The van der Waals surface area contributed by atoms with Crippen molar-refractivity contribution < 1.29 is 49.2 Å². The fraction of sp³-hybridized carbons (Fsp3) is 0.444. The summed E-state index contributed by atoms with van der Waals surface area (Å²) in [6, 6.07) is 0.0937. The number of amides is 5. The van der Waals surface area contributed by atoms with Crippen molar-refractivity contribution in [1.29, 1.82) is 0 Å². The normalized spacial score (nSPS) is 14.8. The second-order valence-electron chi connectivity index (χ2n) is 9.95. The number of carboxylic acid groups (broad SMARTS) is 1. The molecule has 19 heteroatoms. The first-order chi connectivity index (χ1) is 21.9. The second kappa shape index (κ2) is 19.1. The maximum absolute atomic E-state index is 12.9. The number of aliphatic hydroxyl groups excluding tert-OH is 3. The molecule has 0 saturated carbocycles. The minimum atomic E-state index is -1.68. The first-order valence-corrected chi connectivity index (χ1v) is 14.5. The molecule has 0 aliphatic rings. The standard InChI is InChI=1S/C27H38N8O10S/c28-16(6-14-4-2-1-3-5-14)22(39)32-18(9-36)25(42)35-21(12-46)26(43)34-20(11-38)24(41)33-19(10-37)23(40)31-17(27(44)45)7-15-8-29-13-30-15/h1-5,8,13,16-21,36-38,46H,6-7,9-12,28H2,(H,29,30)(H,31,40)(H,32,39)(H,33,41)(H,34,43)(H,35,42)(H,44,45)/t16-,17-,18-,19-,20-,21-/m0/s1. The molecule has 2 aromatic rings. The Morgan fingerprint density at radius 1 is 0.717 bits per heavy atom.